The summed E-state index contributed by atoms with van der Waals surface area (Å²) in [6.07, 6.45) is 4.24. The Morgan fingerprint density at radius 3 is 2.65 bits per heavy atom. The van der Waals surface area contributed by atoms with Crippen molar-refractivity contribution in [3.05, 3.63) is 5.01 Å². The highest BCUT2D eigenvalue weighted by molar-refractivity contribution is 7.15. The van der Waals surface area contributed by atoms with E-state index in [4.69, 9.17) is 0 Å². The lowest BCUT2D eigenvalue weighted by atomic mass is 10.0. The van der Waals surface area contributed by atoms with Crippen LogP contribution in [-0.2, 0) is 9.59 Å². The van der Waals surface area contributed by atoms with Gasteiger partial charge in [0.25, 0.3) is 0 Å². The highest BCUT2D eigenvalue weighted by Crippen LogP contribution is 2.30. The van der Waals surface area contributed by atoms with Crippen molar-refractivity contribution in [3.8, 4) is 0 Å². The zero-order chi connectivity index (χ0) is 16.4. The van der Waals surface area contributed by atoms with Crippen molar-refractivity contribution in [2.45, 2.75) is 51.6 Å². The zero-order valence-electron chi connectivity index (χ0n) is 13.6. The first-order chi connectivity index (χ1) is 11.0. The molecule has 2 saturated heterocycles. The summed E-state index contributed by atoms with van der Waals surface area (Å²) >= 11 is 1.38. The number of rotatable bonds is 4. The first kappa shape index (κ1) is 16.3. The molecule has 0 aromatic carbocycles. The second kappa shape index (κ2) is 6.92. The number of carbonyl (C=O) groups is 2. The van der Waals surface area contributed by atoms with Crippen LogP contribution in [0.3, 0.4) is 0 Å². The van der Waals surface area contributed by atoms with Gasteiger partial charge < -0.3 is 4.90 Å². The summed E-state index contributed by atoms with van der Waals surface area (Å²) in [4.78, 5) is 28.3. The summed E-state index contributed by atoms with van der Waals surface area (Å²) in [5.41, 5.74) is 0. The Bertz CT molecular complexity index is 590. The highest BCUT2D eigenvalue weighted by Gasteiger charge is 2.39. The molecule has 0 aliphatic carbocycles. The summed E-state index contributed by atoms with van der Waals surface area (Å²) in [7, 11) is 0. The summed E-state index contributed by atoms with van der Waals surface area (Å²) in [6, 6.07) is 0.551. The number of nitrogens with one attached hydrogen (secondary N) is 1. The molecule has 0 spiro atoms. The number of aromatic nitrogens is 2. The molecule has 2 aliphatic heterocycles. The zero-order valence-corrected chi connectivity index (χ0v) is 14.4. The van der Waals surface area contributed by atoms with Crippen LogP contribution in [0, 0.1) is 6.92 Å². The first-order valence-corrected chi connectivity index (χ1v) is 8.97. The van der Waals surface area contributed by atoms with Crippen LogP contribution in [0.15, 0.2) is 0 Å². The van der Waals surface area contributed by atoms with Crippen molar-refractivity contribution >= 4 is 28.3 Å². The predicted molar refractivity (Wildman–Crippen MR) is 88.3 cm³/mol. The van der Waals surface area contributed by atoms with Crippen LogP contribution in [0.5, 0.6) is 0 Å². The number of amides is 2. The topological polar surface area (TPSA) is 78.4 Å². The average Bonchev–Trinajstić information content (AvgIpc) is 3.18. The molecule has 0 bridgehead atoms. The Balaban J connectivity index is 1.60. The molecule has 126 valence electrons. The van der Waals surface area contributed by atoms with Gasteiger partial charge in [-0.05, 0) is 39.2 Å². The maximum atomic E-state index is 12.3. The van der Waals surface area contributed by atoms with E-state index in [1.165, 1.54) is 11.3 Å². The molecule has 1 N–H and O–H groups in total. The first-order valence-electron chi connectivity index (χ1n) is 8.16. The van der Waals surface area contributed by atoms with Crippen molar-refractivity contribution in [2.75, 3.05) is 25.0 Å². The molecular formula is C15H23N5O2S. The Kier molecular flexibility index (Phi) is 4.91. The van der Waals surface area contributed by atoms with Gasteiger partial charge in [-0.15, -0.1) is 10.2 Å². The molecule has 8 heteroatoms. The van der Waals surface area contributed by atoms with Crippen molar-refractivity contribution in [2.24, 2.45) is 0 Å². The Morgan fingerprint density at radius 2 is 1.96 bits per heavy atom. The van der Waals surface area contributed by atoms with Crippen molar-refractivity contribution in [1.29, 1.82) is 0 Å². The average molecular weight is 337 g/mol. The largest absolute Gasteiger partial charge is 0.338 e. The molecule has 1 aromatic heterocycles. The molecule has 1 aromatic rings. The molecule has 2 amide bonds. The molecule has 7 nitrogen and oxygen atoms in total. The van der Waals surface area contributed by atoms with Gasteiger partial charge in [0, 0.05) is 25.6 Å². The third-order valence-electron chi connectivity index (χ3n) is 4.68. The number of hydrogen-bond donors (Lipinski definition) is 1. The maximum absolute atomic E-state index is 12.3. The molecule has 0 saturated carbocycles. The molecule has 2 atom stereocenters. The van der Waals surface area contributed by atoms with E-state index in [1.807, 2.05) is 11.8 Å². The molecule has 3 rings (SSSR count). The van der Waals surface area contributed by atoms with Crippen molar-refractivity contribution in [3.63, 3.8) is 0 Å². The smallest absolute Gasteiger partial charge is 0.240 e. The van der Waals surface area contributed by atoms with E-state index in [2.05, 4.69) is 20.4 Å². The van der Waals surface area contributed by atoms with Gasteiger partial charge in [-0.3, -0.25) is 19.8 Å². The van der Waals surface area contributed by atoms with Gasteiger partial charge in [0.15, 0.2) is 0 Å². The van der Waals surface area contributed by atoms with Crippen LogP contribution in [0.25, 0.3) is 0 Å². The molecule has 2 aliphatic rings. The summed E-state index contributed by atoms with van der Waals surface area (Å²) in [5, 5.41) is 12.0. The SMILES string of the molecule is CC(=O)N1CCC[C@H]1[C@@H]1CCCN1CC(=O)Nc1nnc(C)s1. The number of nitrogens with zero attached hydrogens (tertiary/aromatic N) is 4. The lowest BCUT2D eigenvalue weighted by molar-refractivity contribution is -0.130. The summed E-state index contributed by atoms with van der Waals surface area (Å²) < 4.78 is 0. The van der Waals surface area contributed by atoms with Crippen LogP contribution in [0.2, 0.25) is 0 Å². The Hall–Kier alpha value is -1.54. The number of carbonyl (C=O) groups excluding carboxylic acids is 2. The maximum Gasteiger partial charge on any atom is 0.240 e. The van der Waals surface area contributed by atoms with Gasteiger partial charge in [-0.25, -0.2) is 0 Å². The third-order valence-corrected chi connectivity index (χ3v) is 5.44. The fraction of sp³-hybridized carbons (Fsp3) is 0.733. The van der Waals surface area contributed by atoms with Gasteiger partial charge in [-0.2, -0.15) is 0 Å². The highest BCUT2D eigenvalue weighted by atomic mass is 32.1. The monoisotopic (exact) mass is 337 g/mol. The molecule has 23 heavy (non-hydrogen) atoms. The van der Waals surface area contributed by atoms with Crippen molar-refractivity contribution in [1.82, 2.24) is 20.0 Å². The van der Waals surface area contributed by atoms with E-state index in [0.29, 0.717) is 17.7 Å². The second-order valence-corrected chi connectivity index (χ2v) is 7.46. The number of anilines is 1. The van der Waals surface area contributed by atoms with Crippen LogP contribution >= 0.6 is 11.3 Å². The van der Waals surface area contributed by atoms with Crippen molar-refractivity contribution < 1.29 is 9.59 Å². The molecular weight excluding hydrogens is 314 g/mol. The van der Waals surface area contributed by atoms with Crippen LogP contribution in [0.4, 0.5) is 5.13 Å². The normalized spacial score (nSPS) is 25.0. The van der Waals surface area contributed by atoms with Crippen LogP contribution in [-0.4, -0.2) is 63.5 Å². The number of likely N-dealkylation sites (tertiary alicyclic amines) is 2. The van der Waals surface area contributed by atoms with E-state index >= 15 is 0 Å². The standard InChI is InChI=1S/C15H23N5O2S/c1-10-17-18-15(23-10)16-14(22)9-19-7-3-5-12(19)13-6-4-8-20(13)11(2)21/h12-13H,3-9H2,1-2H3,(H,16,18,22)/t12-,13-/m0/s1. The van der Waals surface area contributed by atoms with Gasteiger partial charge in [0.2, 0.25) is 16.9 Å². The molecule has 0 unspecified atom stereocenters. The van der Waals surface area contributed by atoms with Crippen LogP contribution < -0.4 is 5.32 Å². The fourth-order valence-electron chi connectivity index (χ4n) is 3.76. The molecule has 3 heterocycles. The van der Waals surface area contributed by atoms with E-state index in [1.54, 1.807) is 6.92 Å². The predicted octanol–water partition coefficient (Wildman–Crippen LogP) is 1.26. The van der Waals surface area contributed by atoms with Gasteiger partial charge >= 0.3 is 0 Å². The Morgan fingerprint density at radius 1 is 1.22 bits per heavy atom. The number of hydrogen-bond acceptors (Lipinski definition) is 6. The van der Waals surface area contributed by atoms with Gasteiger partial charge in [0.1, 0.15) is 5.01 Å². The van der Waals surface area contributed by atoms with Gasteiger partial charge in [0.05, 0.1) is 6.54 Å². The summed E-state index contributed by atoms with van der Waals surface area (Å²) in [5.74, 6) is 0.0913. The lowest BCUT2D eigenvalue weighted by Crippen LogP contribution is -2.49. The lowest BCUT2D eigenvalue weighted by Gasteiger charge is -2.34. The van der Waals surface area contributed by atoms with E-state index < -0.39 is 0 Å². The van der Waals surface area contributed by atoms with E-state index in [9.17, 15) is 9.59 Å². The minimum atomic E-state index is -0.0552. The third kappa shape index (κ3) is 3.69. The Labute approximate surface area is 140 Å². The fourth-order valence-corrected chi connectivity index (χ4v) is 4.37. The molecule has 0 radical (unpaired) electrons. The second-order valence-electron chi connectivity index (χ2n) is 6.28. The minimum absolute atomic E-state index is 0.0552. The van der Waals surface area contributed by atoms with Crippen LogP contribution in [0.1, 0.15) is 37.6 Å². The van der Waals surface area contributed by atoms with E-state index in [0.717, 1.165) is 43.8 Å². The molecule has 2 fully saturated rings. The summed E-state index contributed by atoms with van der Waals surface area (Å²) in [6.45, 7) is 5.62. The number of aryl methyl sites for hydroxylation is 1. The quantitative estimate of drug-likeness (QED) is 0.895. The van der Waals surface area contributed by atoms with E-state index in [-0.39, 0.29) is 17.9 Å². The van der Waals surface area contributed by atoms with Gasteiger partial charge in [-0.1, -0.05) is 11.3 Å². The minimum Gasteiger partial charge on any atom is -0.338 e.